The molecule has 0 N–H and O–H groups in total. The summed E-state index contributed by atoms with van der Waals surface area (Å²) in [5.74, 6) is -0.0831. The molecule has 1 aliphatic heterocycles. The van der Waals surface area contributed by atoms with Gasteiger partial charge in [-0.05, 0) is 18.6 Å². The maximum Gasteiger partial charge on any atom is 0.278 e. The summed E-state index contributed by atoms with van der Waals surface area (Å²) < 4.78 is 0. The number of aromatic nitrogens is 2. The number of para-hydroxylation sites is 1. The van der Waals surface area contributed by atoms with E-state index in [-0.39, 0.29) is 5.91 Å². The van der Waals surface area contributed by atoms with Crippen molar-refractivity contribution in [2.45, 2.75) is 23.5 Å². The summed E-state index contributed by atoms with van der Waals surface area (Å²) in [4.78, 5) is 23.7. The third-order valence-electron chi connectivity index (χ3n) is 3.27. The van der Waals surface area contributed by atoms with Gasteiger partial charge in [-0.3, -0.25) is 9.78 Å². The highest BCUT2D eigenvalue weighted by Gasteiger charge is 2.25. The van der Waals surface area contributed by atoms with Crippen LogP contribution in [0, 0.1) is 0 Å². The molecule has 1 unspecified atom stereocenters. The number of fused-ring (bicyclic) bond motifs is 1. The molecule has 3 rings (SSSR count). The van der Waals surface area contributed by atoms with Gasteiger partial charge in [0, 0.05) is 29.1 Å². The van der Waals surface area contributed by atoms with Crippen molar-refractivity contribution in [2.75, 3.05) is 11.4 Å². The predicted molar refractivity (Wildman–Crippen MR) is 80.1 cm³/mol. The highest BCUT2D eigenvalue weighted by molar-refractivity contribution is 8.00. The van der Waals surface area contributed by atoms with Gasteiger partial charge in [-0.25, -0.2) is 4.98 Å². The Morgan fingerprint density at radius 2 is 2.20 bits per heavy atom. The molecule has 102 valence electrons. The van der Waals surface area contributed by atoms with E-state index in [1.54, 1.807) is 12.4 Å². The van der Waals surface area contributed by atoms with Gasteiger partial charge in [0.15, 0.2) is 0 Å². The molecule has 1 amide bonds. The van der Waals surface area contributed by atoms with Crippen LogP contribution in [-0.2, 0) is 0 Å². The minimum atomic E-state index is -0.0831. The van der Waals surface area contributed by atoms with Crippen LogP contribution < -0.4 is 4.90 Å². The maximum absolute atomic E-state index is 12.6. The normalized spacial score (nSPS) is 18.2. The monoisotopic (exact) mass is 285 g/mol. The molecule has 1 aliphatic rings. The Bertz CT molecular complexity index is 618. The number of hydrogen-bond acceptors (Lipinski definition) is 4. The maximum atomic E-state index is 12.6. The molecular formula is C15H15N3OS. The van der Waals surface area contributed by atoms with Crippen LogP contribution in [-0.4, -0.2) is 27.7 Å². The molecule has 4 nitrogen and oxygen atoms in total. The largest absolute Gasteiger partial charge is 0.306 e. The molecule has 0 aliphatic carbocycles. The number of rotatable bonds is 1. The molecule has 2 aromatic rings. The topological polar surface area (TPSA) is 46.1 Å². The SMILES string of the molecule is CC1CCN(C(=O)c2cnccn2)c2ccccc2S1. The van der Waals surface area contributed by atoms with Crippen LogP contribution in [0.2, 0.25) is 0 Å². The van der Waals surface area contributed by atoms with E-state index in [4.69, 9.17) is 0 Å². The van der Waals surface area contributed by atoms with E-state index < -0.39 is 0 Å². The molecule has 2 heterocycles. The Kier molecular flexibility index (Phi) is 3.69. The fourth-order valence-electron chi connectivity index (χ4n) is 2.25. The molecule has 1 aromatic carbocycles. The van der Waals surface area contributed by atoms with E-state index in [1.165, 1.54) is 6.20 Å². The molecule has 20 heavy (non-hydrogen) atoms. The van der Waals surface area contributed by atoms with Crippen LogP contribution in [0.5, 0.6) is 0 Å². The molecule has 1 aromatic heterocycles. The Labute approximate surface area is 122 Å². The van der Waals surface area contributed by atoms with Crippen LogP contribution in [0.3, 0.4) is 0 Å². The van der Waals surface area contributed by atoms with Crippen molar-refractivity contribution < 1.29 is 4.79 Å². The van der Waals surface area contributed by atoms with Gasteiger partial charge in [0.2, 0.25) is 0 Å². The van der Waals surface area contributed by atoms with Gasteiger partial charge in [0.05, 0.1) is 11.9 Å². The number of thioether (sulfide) groups is 1. The van der Waals surface area contributed by atoms with Gasteiger partial charge in [0.25, 0.3) is 5.91 Å². The number of amides is 1. The summed E-state index contributed by atoms with van der Waals surface area (Å²) in [5, 5.41) is 0.496. The average Bonchev–Trinajstić information content (AvgIpc) is 2.66. The molecule has 0 radical (unpaired) electrons. The number of hydrogen-bond donors (Lipinski definition) is 0. The van der Waals surface area contributed by atoms with Crippen LogP contribution in [0.15, 0.2) is 47.8 Å². The Balaban J connectivity index is 1.99. The third kappa shape index (κ3) is 2.54. The van der Waals surface area contributed by atoms with Crippen molar-refractivity contribution in [3.63, 3.8) is 0 Å². The predicted octanol–water partition coefficient (Wildman–Crippen LogP) is 3.01. The lowest BCUT2D eigenvalue weighted by molar-refractivity contribution is 0.0981. The fourth-order valence-corrected chi connectivity index (χ4v) is 3.36. The number of carbonyl (C=O) groups is 1. The summed E-state index contributed by atoms with van der Waals surface area (Å²) in [7, 11) is 0. The zero-order valence-electron chi connectivity index (χ0n) is 11.2. The van der Waals surface area contributed by atoms with E-state index in [0.717, 1.165) is 17.0 Å². The van der Waals surface area contributed by atoms with Gasteiger partial charge in [0.1, 0.15) is 5.69 Å². The summed E-state index contributed by atoms with van der Waals surface area (Å²) >= 11 is 1.82. The van der Waals surface area contributed by atoms with Crippen molar-refractivity contribution >= 4 is 23.4 Å². The minimum absolute atomic E-state index is 0.0831. The van der Waals surface area contributed by atoms with Gasteiger partial charge in [-0.15, -0.1) is 11.8 Å². The van der Waals surface area contributed by atoms with Gasteiger partial charge >= 0.3 is 0 Å². The number of nitrogens with zero attached hydrogens (tertiary/aromatic N) is 3. The first-order valence-electron chi connectivity index (χ1n) is 6.59. The fraction of sp³-hybridized carbons (Fsp3) is 0.267. The summed E-state index contributed by atoms with van der Waals surface area (Å²) in [6, 6.07) is 8.04. The standard InChI is InChI=1S/C15H15N3OS/c1-11-6-9-18(13-4-2-3-5-14(13)20-11)15(19)12-10-16-7-8-17-12/h2-5,7-8,10-11H,6,9H2,1H3. The molecule has 0 spiro atoms. The second kappa shape index (κ2) is 5.63. The van der Waals surface area contributed by atoms with E-state index in [0.29, 0.717) is 17.5 Å². The van der Waals surface area contributed by atoms with E-state index in [1.807, 2.05) is 34.9 Å². The summed E-state index contributed by atoms with van der Waals surface area (Å²) in [6.45, 7) is 2.90. The lowest BCUT2D eigenvalue weighted by Gasteiger charge is -2.21. The second-order valence-electron chi connectivity index (χ2n) is 4.73. The highest BCUT2D eigenvalue weighted by atomic mass is 32.2. The number of anilines is 1. The van der Waals surface area contributed by atoms with E-state index in [9.17, 15) is 4.79 Å². The number of carbonyl (C=O) groups excluding carboxylic acids is 1. The van der Waals surface area contributed by atoms with Crippen LogP contribution in [0.4, 0.5) is 5.69 Å². The smallest absolute Gasteiger partial charge is 0.278 e. The van der Waals surface area contributed by atoms with E-state index in [2.05, 4.69) is 23.0 Å². The molecule has 0 saturated carbocycles. The van der Waals surface area contributed by atoms with Crippen molar-refractivity contribution in [2.24, 2.45) is 0 Å². The third-order valence-corrected chi connectivity index (χ3v) is 4.51. The van der Waals surface area contributed by atoms with Crippen molar-refractivity contribution in [3.8, 4) is 0 Å². The van der Waals surface area contributed by atoms with Crippen molar-refractivity contribution in [1.82, 2.24) is 9.97 Å². The minimum Gasteiger partial charge on any atom is -0.306 e. The zero-order chi connectivity index (χ0) is 13.9. The lowest BCUT2D eigenvalue weighted by atomic mass is 10.2. The molecule has 0 saturated heterocycles. The van der Waals surface area contributed by atoms with Gasteiger partial charge in [-0.2, -0.15) is 0 Å². The summed E-state index contributed by atoms with van der Waals surface area (Å²) in [6.07, 6.45) is 5.61. The first-order valence-corrected chi connectivity index (χ1v) is 7.47. The molecule has 0 fully saturated rings. The van der Waals surface area contributed by atoms with Crippen LogP contribution >= 0.6 is 11.8 Å². The zero-order valence-corrected chi connectivity index (χ0v) is 12.0. The average molecular weight is 285 g/mol. The van der Waals surface area contributed by atoms with Crippen LogP contribution in [0.25, 0.3) is 0 Å². The molecule has 0 bridgehead atoms. The summed E-state index contributed by atoms with van der Waals surface area (Å²) in [5.41, 5.74) is 1.36. The van der Waals surface area contributed by atoms with Gasteiger partial charge in [-0.1, -0.05) is 19.1 Å². The lowest BCUT2D eigenvalue weighted by Crippen LogP contribution is -2.32. The first-order chi connectivity index (χ1) is 9.75. The molecule has 5 heteroatoms. The van der Waals surface area contributed by atoms with Crippen molar-refractivity contribution in [3.05, 3.63) is 48.5 Å². The quantitative estimate of drug-likeness (QED) is 0.808. The Hall–Kier alpha value is -1.88. The van der Waals surface area contributed by atoms with Crippen LogP contribution in [0.1, 0.15) is 23.8 Å². The van der Waals surface area contributed by atoms with Gasteiger partial charge < -0.3 is 4.90 Å². The number of benzene rings is 1. The second-order valence-corrected chi connectivity index (χ2v) is 6.21. The Morgan fingerprint density at radius 3 is 3.00 bits per heavy atom. The highest BCUT2D eigenvalue weighted by Crippen LogP contribution is 2.37. The molecular weight excluding hydrogens is 270 g/mol. The molecule has 1 atom stereocenters. The van der Waals surface area contributed by atoms with E-state index >= 15 is 0 Å². The Morgan fingerprint density at radius 1 is 1.35 bits per heavy atom. The first kappa shape index (κ1) is 13.1. The van der Waals surface area contributed by atoms with Crippen molar-refractivity contribution in [1.29, 1.82) is 0 Å².